The maximum Gasteiger partial charge on any atom is 0.185 e. The Labute approximate surface area is 164 Å². The summed E-state index contributed by atoms with van der Waals surface area (Å²) in [5.41, 5.74) is 1.44. The van der Waals surface area contributed by atoms with Gasteiger partial charge < -0.3 is 18.9 Å². The van der Waals surface area contributed by atoms with Gasteiger partial charge >= 0.3 is 0 Å². The van der Waals surface area contributed by atoms with Crippen LogP contribution in [-0.4, -0.2) is 34.2 Å². The fourth-order valence-corrected chi connectivity index (χ4v) is 2.95. The van der Waals surface area contributed by atoms with Gasteiger partial charge in [0.15, 0.2) is 28.8 Å². The second-order valence-corrected chi connectivity index (χ2v) is 6.08. The lowest BCUT2D eigenvalue weighted by Crippen LogP contribution is -1.97. The zero-order valence-electron chi connectivity index (χ0n) is 16.3. The van der Waals surface area contributed by atoms with Crippen molar-refractivity contribution in [1.82, 2.24) is 0 Å². The minimum absolute atomic E-state index is 0.117. The van der Waals surface area contributed by atoms with E-state index in [1.807, 2.05) is 30.3 Å². The molecular weight excluding hydrogens is 356 g/mol. The van der Waals surface area contributed by atoms with E-state index in [2.05, 4.69) is 0 Å². The Morgan fingerprint density at radius 1 is 0.679 bits per heavy atom. The number of carbonyl (C=O) groups is 1. The van der Waals surface area contributed by atoms with Crippen LogP contribution in [0.2, 0.25) is 0 Å². The van der Waals surface area contributed by atoms with Crippen LogP contribution in [0, 0.1) is 0 Å². The molecule has 0 heterocycles. The van der Waals surface area contributed by atoms with Gasteiger partial charge in [-0.05, 0) is 58.8 Å². The molecule has 0 spiro atoms. The van der Waals surface area contributed by atoms with Gasteiger partial charge in [0, 0.05) is 5.56 Å². The van der Waals surface area contributed by atoms with Crippen molar-refractivity contribution in [2.45, 2.75) is 0 Å². The molecule has 0 fully saturated rings. The largest absolute Gasteiger partial charge is 0.493 e. The number of fused-ring (bicyclic) bond motifs is 1. The van der Waals surface area contributed by atoms with Crippen molar-refractivity contribution in [3.8, 4) is 23.0 Å². The van der Waals surface area contributed by atoms with Crippen LogP contribution in [0.5, 0.6) is 23.0 Å². The van der Waals surface area contributed by atoms with Crippen molar-refractivity contribution < 1.29 is 23.7 Å². The average Bonchev–Trinajstić information content (AvgIpc) is 2.75. The predicted molar refractivity (Wildman–Crippen MR) is 110 cm³/mol. The average molecular weight is 378 g/mol. The first kappa shape index (κ1) is 19.3. The Hall–Kier alpha value is -3.47. The SMILES string of the molecule is COc1ccc(C(=O)/C=C\c2ccc3cc(OC)c(OC)cc3c2)cc1OC. The minimum Gasteiger partial charge on any atom is -0.493 e. The molecule has 0 N–H and O–H groups in total. The Kier molecular flexibility index (Phi) is 5.84. The number of carbonyl (C=O) groups excluding carboxylic acids is 1. The molecule has 0 saturated heterocycles. The van der Waals surface area contributed by atoms with Crippen LogP contribution in [-0.2, 0) is 0 Å². The molecule has 28 heavy (non-hydrogen) atoms. The summed E-state index contributed by atoms with van der Waals surface area (Å²) in [6.07, 6.45) is 3.33. The highest BCUT2D eigenvalue weighted by Gasteiger charge is 2.09. The van der Waals surface area contributed by atoms with E-state index in [4.69, 9.17) is 18.9 Å². The molecule has 0 radical (unpaired) electrons. The van der Waals surface area contributed by atoms with E-state index in [9.17, 15) is 4.79 Å². The third-order valence-electron chi connectivity index (χ3n) is 4.46. The number of allylic oxidation sites excluding steroid dienone is 1. The van der Waals surface area contributed by atoms with Gasteiger partial charge in [0.25, 0.3) is 0 Å². The molecule has 0 amide bonds. The highest BCUT2D eigenvalue weighted by atomic mass is 16.5. The first-order chi connectivity index (χ1) is 13.6. The lowest BCUT2D eigenvalue weighted by atomic mass is 10.0. The maximum atomic E-state index is 12.5. The Balaban J connectivity index is 1.87. The fourth-order valence-electron chi connectivity index (χ4n) is 2.95. The van der Waals surface area contributed by atoms with Gasteiger partial charge in [-0.3, -0.25) is 4.79 Å². The van der Waals surface area contributed by atoms with Gasteiger partial charge in [0.2, 0.25) is 0 Å². The maximum absolute atomic E-state index is 12.5. The fraction of sp³-hybridized carbons (Fsp3) is 0.174. The summed E-state index contributed by atoms with van der Waals surface area (Å²) in [5, 5.41) is 2.03. The molecule has 0 aliphatic heterocycles. The summed E-state index contributed by atoms with van der Waals surface area (Å²) in [5.74, 6) is 2.34. The molecule has 3 aromatic carbocycles. The molecule has 0 aliphatic rings. The van der Waals surface area contributed by atoms with Gasteiger partial charge in [-0.25, -0.2) is 0 Å². The van der Waals surface area contributed by atoms with E-state index >= 15 is 0 Å². The zero-order valence-corrected chi connectivity index (χ0v) is 16.3. The molecule has 144 valence electrons. The van der Waals surface area contributed by atoms with Crippen LogP contribution in [0.25, 0.3) is 16.8 Å². The van der Waals surface area contributed by atoms with Crippen LogP contribution in [0.4, 0.5) is 0 Å². The van der Waals surface area contributed by atoms with Crippen molar-refractivity contribution in [1.29, 1.82) is 0 Å². The van der Waals surface area contributed by atoms with Crippen LogP contribution in [0.15, 0.2) is 54.6 Å². The van der Waals surface area contributed by atoms with E-state index in [1.54, 1.807) is 58.8 Å². The smallest absolute Gasteiger partial charge is 0.185 e. The Morgan fingerprint density at radius 3 is 1.93 bits per heavy atom. The van der Waals surface area contributed by atoms with Gasteiger partial charge in [-0.1, -0.05) is 18.2 Å². The van der Waals surface area contributed by atoms with Crippen LogP contribution in [0.1, 0.15) is 15.9 Å². The first-order valence-electron chi connectivity index (χ1n) is 8.70. The molecule has 0 aliphatic carbocycles. The van der Waals surface area contributed by atoms with E-state index < -0.39 is 0 Å². The van der Waals surface area contributed by atoms with Crippen LogP contribution < -0.4 is 18.9 Å². The molecule has 0 saturated carbocycles. The topological polar surface area (TPSA) is 54.0 Å². The number of rotatable bonds is 7. The van der Waals surface area contributed by atoms with Crippen molar-refractivity contribution in [2.75, 3.05) is 28.4 Å². The predicted octanol–water partition coefficient (Wildman–Crippen LogP) is 4.77. The summed E-state index contributed by atoms with van der Waals surface area (Å²) in [4.78, 5) is 12.5. The summed E-state index contributed by atoms with van der Waals surface area (Å²) in [7, 11) is 6.32. The highest BCUT2D eigenvalue weighted by Crippen LogP contribution is 2.33. The molecule has 5 heteroatoms. The van der Waals surface area contributed by atoms with Crippen molar-refractivity contribution >= 4 is 22.6 Å². The summed E-state index contributed by atoms with van der Waals surface area (Å²) < 4.78 is 21.2. The summed E-state index contributed by atoms with van der Waals surface area (Å²) in [6, 6.07) is 14.9. The van der Waals surface area contributed by atoms with Crippen molar-refractivity contribution in [2.24, 2.45) is 0 Å². The second-order valence-electron chi connectivity index (χ2n) is 6.08. The number of benzene rings is 3. The number of ether oxygens (including phenoxy) is 4. The zero-order chi connectivity index (χ0) is 20.1. The summed E-state index contributed by atoms with van der Waals surface area (Å²) >= 11 is 0. The van der Waals surface area contributed by atoms with Gasteiger partial charge in [-0.2, -0.15) is 0 Å². The van der Waals surface area contributed by atoms with Crippen molar-refractivity contribution in [3.63, 3.8) is 0 Å². The van der Waals surface area contributed by atoms with Crippen molar-refractivity contribution in [3.05, 3.63) is 65.7 Å². The molecule has 5 nitrogen and oxygen atoms in total. The molecule has 3 aromatic rings. The minimum atomic E-state index is -0.117. The van der Waals surface area contributed by atoms with E-state index in [-0.39, 0.29) is 5.78 Å². The molecule has 0 aromatic heterocycles. The number of hydrogen-bond donors (Lipinski definition) is 0. The highest BCUT2D eigenvalue weighted by molar-refractivity contribution is 6.07. The van der Waals surface area contributed by atoms with E-state index in [1.165, 1.54) is 0 Å². The van der Waals surface area contributed by atoms with Gasteiger partial charge in [0.1, 0.15) is 0 Å². The van der Waals surface area contributed by atoms with E-state index in [0.717, 1.165) is 16.3 Å². The number of methoxy groups -OCH3 is 4. The lowest BCUT2D eigenvalue weighted by Gasteiger charge is -2.09. The molecule has 3 rings (SSSR count). The Morgan fingerprint density at radius 2 is 1.29 bits per heavy atom. The van der Waals surface area contributed by atoms with Gasteiger partial charge in [-0.15, -0.1) is 0 Å². The van der Waals surface area contributed by atoms with Gasteiger partial charge in [0.05, 0.1) is 28.4 Å². The molecule has 0 unspecified atom stereocenters. The third-order valence-corrected chi connectivity index (χ3v) is 4.46. The molecular formula is C23H22O5. The quantitative estimate of drug-likeness (QED) is 0.438. The Bertz CT molecular complexity index is 1040. The normalized spacial score (nSPS) is 10.9. The first-order valence-corrected chi connectivity index (χ1v) is 8.70. The lowest BCUT2D eigenvalue weighted by molar-refractivity contribution is 0.104. The number of ketones is 1. The summed E-state index contributed by atoms with van der Waals surface area (Å²) in [6.45, 7) is 0. The standard InChI is InChI=1S/C23H22O5/c1-25-20-10-8-17(13-21(20)26-2)19(24)9-6-15-5-7-16-12-22(27-3)23(28-4)14-18(16)11-15/h5-14H,1-4H3/b9-6-. The monoisotopic (exact) mass is 378 g/mol. The third kappa shape index (κ3) is 3.93. The van der Waals surface area contributed by atoms with E-state index in [0.29, 0.717) is 28.6 Å². The second kappa shape index (κ2) is 8.48. The molecule has 0 bridgehead atoms. The van der Waals surface area contributed by atoms with Crippen LogP contribution >= 0.6 is 0 Å². The van der Waals surface area contributed by atoms with Crippen LogP contribution in [0.3, 0.4) is 0 Å². The molecule has 0 atom stereocenters. The number of hydrogen-bond acceptors (Lipinski definition) is 5.